The number of pyridine rings is 1. The number of nitrogens with zero attached hydrogens (tertiary/aromatic N) is 1. The standard InChI is InChI=1S/C13H12N2O2S/c16-18(17)8-6-10(9-18)15-13-5-7-14-12-4-2-1-3-11(12)13/h1-8,10H,9H2,(H,14,15). The summed E-state index contributed by atoms with van der Waals surface area (Å²) in [6, 6.07) is 9.47. The molecule has 2 heterocycles. The number of benzene rings is 1. The van der Waals surface area contributed by atoms with Crippen LogP contribution in [0.15, 0.2) is 48.0 Å². The molecule has 1 aliphatic rings. The SMILES string of the molecule is O=S1(=O)C=CC(Nc2ccnc3ccccc23)C1. The Morgan fingerprint density at radius 3 is 2.83 bits per heavy atom. The second kappa shape index (κ2) is 4.10. The minimum atomic E-state index is -3.03. The zero-order valence-corrected chi connectivity index (χ0v) is 10.4. The van der Waals surface area contributed by atoms with Gasteiger partial charge in [0.05, 0.1) is 17.3 Å². The van der Waals surface area contributed by atoms with E-state index >= 15 is 0 Å². The van der Waals surface area contributed by atoms with Crippen molar-refractivity contribution in [3.8, 4) is 0 Å². The van der Waals surface area contributed by atoms with E-state index in [9.17, 15) is 8.42 Å². The first-order chi connectivity index (χ1) is 8.64. The van der Waals surface area contributed by atoms with Crippen LogP contribution in [0.2, 0.25) is 0 Å². The second-order valence-electron chi connectivity index (χ2n) is 4.28. The molecule has 0 aliphatic carbocycles. The fraction of sp³-hybridized carbons (Fsp3) is 0.154. The highest BCUT2D eigenvalue weighted by molar-refractivity contribution is 7.94. The molecule has 0 saturated carbocycles. The van der Waals surface area contributed by atoms with Crippen molar-refractivity contribution in [3.63, 3.8) is 0 Å². The summed E-state index contributed by atoms with van der Waals surface area (Å²) in [4.78, 5) is 4.27. The van der Waals surface area contributed by atoms with E-state index in [2.05, 4.69) is 10.3 Å². The highest BCUT2D eigenvalue weighted by atomic mass is 32.2. The number of aromatic nitrogens is 1. The molecule has 0 fully saturated rings. The average Bonchev–Trinajstić information content (AvgIpc) is 2.69. The molecule has 2 aromatic rings. The maximum Gasteiger partial charge on any atom is 0.173 e. The van der Waals surface area contributed by atoms with Crippen molar-refractivity contribution in [2.24, 2.45) is 0 Å². The van der Waals surface area contributed by atoms with Crippen molar-refractivity contribution >= 4 is 26.4 Å². The van der Waals surface area contributed by atoms with Gasteiger partial charge in [0.25, 0.3) is 0 Å². The van der Waals surface area contributed by atoms with Gasteiger partial charge in [0.15, 0.2) is 9.84 Å². The van der Waals surface area contributed by atoms with Crippen LogP contribution in [0.4, 0.5) is 5.69 Å². The molecule has 1 aromatic heterocycles. The molecule has 5 heteroatoms. The highest BCUT2D eigenvalue weighted by Crippen LogP contribution is 2.23. The molecular formula is C13H12N2O2S. The van der Waals surface area contributed by atoms with Crippen LogP contribution in [0.1, 0.15) is 0 Å². The highest BCUT2D eigenvalue weighted by Gasteiger charge is 2.21. The average molecular weight is 260 g/mol. The van der Waals surface area contributed by atoms with Crippen molar-refractivity contribution < 1.29 is 8.42 Å². The van der Waals surface area contributed by atoms with Gasteiger partial charge in [-0.05, 0) is 12.1 Å². The van der Waals surface area contributed by atoms with Crippen molar-refractivity contribution in [3.05, 3.63) is 48.0 Å². The minimum absolute atomic E-state index is 0.115. The Balaban J connectivity index is 1.94. The molecule has 4 nitrogen and oxygen atoms in total. The molecule has 1 aliphatic heterocycles. The molecule has 0 amide bonds. The fourth-order valence-corrected chi connectivity index (χ4v) is 3.32. The number of para-hydroxylation sites is 1. The van der Waals surface area contributed by atoms with Crippen LogP contribution in [-0.4, -0.2) is 25.2 Å². The summed E-state index contributed by atoms with van der Waals surface area (Å²) < 4.78 is 22.7. The molecule has 0 saturated heterocycles. The Morgan fingerprint density at radius 2 is 2.06 bits per heavy atom. The summed E-state index contributed by atoms with van der Waals surface area (Å²) >= 11 is 0. The second-order valence-corrected chi connectivity index (χ2v) is 6.22. The Hall–Kier alpha value is -1.88. The first-order valence-corrected chi connectivity index (χ1v) is 7.37. The van der Waals surface area contributed by atoms with Gasteiger partial charge in [-0.25, -0.2) is 8.42 Å². The fourth-order valence-electron chi connectivity index (χ4n) is 2.09. The lowest BCUT2D eigenvalue weighted by Crippen LogP contribution is -2.21. The molecule has 1 unspecified atom stereocenters. The smallest absolute Gasteiger partial charge is 0.173 e. The van der Waals surface area contributed by atoms with Gasteiger partial charge in [0, 0.05) is 22.7 Å². The topological polar surface area (TPSA) is 59.1 Å². The van der Waals surface area contributed by atoms with Crippen LogP contribution >= 0.6 is 0 Å². The van der Waals surface area contributed by atoms with E-state index in [-0.39, 0.29) is 11.8 Å². The number of fused-ring (bicyclic) bond motifs is 1. The molecule has 0 bridgehead atoms. The summed E-state index contributed by atoms with van der Waals surface area (Å²) in [5.74, 6) is 0.115. The summed E-state index contributed by atoms with van der Waals surface area (Å²) in [5.41, 5.74) is 1.81. The molecule has 1 aromatic carbocycles. The predicted molar refractivity (Wildman–Crippen MR) is 72.1 cm³/mol. The summed E-state index contributed by atoms with van der Waals surface area (Å²) in [6.45, 7) is 0. The third-order valence-corrected chi connectivity index (χ3v) is 4.32. The van der Waals surface area contributed by atoms with Gasteiger partial charge in [-0.1, -0.05) is 24.3 Å². The lowest BCUT2D eigenvalue weighted by atomic mass is 10.1. The molecule has 1 atom stereocenters. The number of hydrogen-bond acceptors (Lipinski definition) is 4. The maximum absolute atomic E-state index is 11.4. The van der Waals surface area contributed by atoms with Crippen molar-refractivity contribution in [2.75, 3.05) is 11.1 Å². The largest absolute Gasteiger partial charge is 0.377 e. The Morgan fingerprint density at radius 1 is 1.22 bits per heavy atom. The Kier molecular flexibility index (Phi) is 2.56. The van der Waals surface area contributed by atoms with Crippen LogP contribution in [0.25, 0.3) is 10.9 Å². The monoisotopic (exact) mass is 260 g/mol. The normalized spacial score (nSPS) is 21.2. The predicted octanol–water partition coefficient (Wildman–Crippen LogP) is 1.96. The summed E-state index contributed by atoms with van der Waals surface area (Å²) in [6.07, 6.45) is 3.41. The number of sulfone groups is 1. The number of hydrogen-bond donors (Lipinski definition) is 1. The molecule has 18 heavy (non-hydrogen) atoms. The van der Waals surface area contributed by atoms with E-state index in [0.717, 1.165) is 16.6 Å². The first-order valence-electron chi connectivity index (χ1n) is 5.65. The van der Waals surface area contributed by atoms with Gasteiger partial charge < -0.3 is 5.32 Å². The van der Waals surface area contributed by atoms with E-state index in [1.807, 2.05) is 30.3 Å². The Bertz CT molecular complexity index is 717. The molecule has 0 radical (unpaired) electrons. The van der Waals surface area contributed by atoms with Crippen molar-refractivity contribution in [1.29, 1.82) is 0 Å². The third-order valence-electron chi connectivity index (χ3n) is 2.92. The van der Waals surface area contributed by atoms with Gasteiger partial charge >= 0.3 is 0 Å². The van der Waals surface area contributed by atoms with Gasteiger partial charge in [0.2, 0.25) is 0 Å². The quantitative estimate of drug-likeness (QED) is 0.896. The van der Waals surface area contributed by atoms with E-state index in [0.29, 0.717) is 0 Å². The van der Waals surface area contributed by atoms with E-state index in [4.69, 9.17) is 0 Å². The van der Waals surface area contributed by atoms with Crippen LogP contribution in [0.3, 0.4) is 0 Å². The molecule has 3 rings (SSSR count). The van der Waals surface area contributed by atoms with E-state index in [1.54, 1.807) is 12.3 Å². The lowest BCUT2D eigenvalue weighted by molar-refractivity contribution is 0.605. The molecular weight excluding hydrogens is 248 g/mol. The van der Waals surface area contributed by atoms with E-state index in [1.165, 1.54) is 5.41 Å². The third kappa shape index (κ3) is 2.09. The van der Waals surface area contributed by atoms with Gasteiger partial charge in [-0.2, -0.15) is 0 Å². The Labute approximate surface area is 105 Å². The number of nitrogens with one attached hydrogen (secondary N) is 1. The van der Waals surface area contributed by atoms with Crippen LogP contribution in [0, 0.1) is 0 Å². The molecule has 0 spiro atoms. The lowest BCUT2D eigenvalue weighted by Gasteiger charge is -2.13. The van der Waals surface area contributed by atoms with Gasteiger partial charge in [-0.3, -0.25) is 4.98 Å². The molecule has 92 valence electrons. The zero-order valence-electron chi connectivity index (χ0n) is 9.58. The first kappa shape index (κ1) is 11.2. The zero-order chi connectivity index (χ0) is 12.6. The molecule has 1 N–H and O–H groups in total. The summed E-state index contributed by atoms with van der Waals surface area (Å²) in [5, 5.41) is 5.50. The number of rotatable bonds is 2. The minimum Gasteiger partial charge on any atom is -0.377 e. The van der Waals surface area contributed by atoms with E-state index < -0.39 is 9.84 Å². The van der Waals surface area contributed by atoms with Crippen LogP contribution in [0.5, 0.6) is 0 Å². The van der Waals surface area contributed by atoms with Crippen LogP contribution < -0.4 is 5.32 Å². The van der Waals surface area contributed by atoms with Crippen LogP contribution in [-0.2, 0) is 9.84 Å². The maximum atomic E-state index is 11.4. The van der Waals surface area contributed by atoms with Crippen molar-refractivity contribution in [2.45, 2.75) is 6.04 Å². The van der Waals surface area contributed by atoms with Gasteiger partial charge in [-0.15, -0.1) is 0 Å². The summed E-state index contributed by atoms with van der Waals surface area (Å²) in [7, 11) is -3.03. The van der Waals surface area contributed by atoms with Gasteiger partial charge in [0.1, 0.15) is 0 Å². The number of anilines is 1. The van der Waals surface area contributed by atoms with Crippen molar-refractivity contribution in [1.82, 2.24) is 4.98 Å².